The van der Waals surface area contributed by atoms with Gasteiger partial charge in [0.1, 0.15) is 0 Å². The van der Waals surface area contributed by atoms with E-state index < -0.39 is 0 Å². The maximum absolute atomic E-state index is 6.24. The van der Waals surface area contributed by atoms with E-state index >= 15 is 0 Å². The Balaban J connectivity index is 2.01. The lowest BCUT2D eigenvalue weighted by Gasteiger charge is -2.31. The lowest BCUT2D eigenvalue weighted by molar-refractivity contribution is 0.146. The van der Waals surface area contributed by atoms with E-state index in [1.165, 1.54) is 0 Å². The van der Waals surface area contributed by atoms with Gasteiger partial charge in [0.2, 0.25) is 0 Å². The van der Waals surface area contributed by atoms with Crippen molar-refractivity contribution < 1.29 is 0 Å². The zero-order chi connectivity index (χ0) is 11.7. The number of halogens is 1. The first-order chi connectivity index (χ1) is 7.58. The molecule has 0 amide bonds. The molecular formula is C11H19ClN4. The quantitative estimate of drug-likeness (QED) is 0.777. The van der Waals surface area contributed by atoms with Gasteiger partial charge in [-0.25, -0.2) is 0 Å². The van der Waals surface area contributed by atoms with Gasteiger partial charge in [0, 0.05) is 39.8 Å². The van der Waals surface area contributed by atoms with Crippen molar-refractivity contribution in [2.45, 2.75) is 13.5 Å². The number of aromatic nitrogens is 2. The summed E-state index contributed by atoms with van der Waals surface area (Å²) in [6.07, 6.45) is 0. The molecule has 2 heterocycles. The highest BCUT2D eigenvalue weighted by atomic mass is 35.5. The maximum atomic E-state index is 6.24. The number of aryl methyl sites for hydroxylation is 1. The number of hydrogen-bond donors (Lipinski definition) is 0. The van der Waals surface area contributed by atoms with Gasteiger partial charge in [0.25, 0.3) is 0 Å². The van der Waals surface area contributed by atoms with Crippen molar-refractivity contribution in [3.8, 4) is 0 Å². The lowest BCUT2D eigenvalue weighted by Crippen LogP contribution is -2.44. The Labute approximate surface area is 102 Å². The molecule has 0 radical (unpaired) electrons. The third kappa shape index (κ3) is 2.39. The first kappa shape index (κ1) is 11.9. The smallest absolute Gasteiger partial charge is 0.0953 e. The summed E-state index contributed by atoms with van der Waals surface area (Å²) in [7, 11) is 4.10. The third-order valence-corrected chi connectivity index (χ3v) is 3.79. The second-order valence-corrected chi connectivity index (χ2v) is 4.93. The molecule has 2 rings (SSSR count). The maximum Gasteiger partial charge on any atom is 0.0953 e. The summed E-state index contributed by atoms with van der Waals surface area (Å²) in [5, 5.41) is 5.27. The highest BCUT2D eigenvalue weighted by molar-refractivity contribution is 6.31. The summed E-state index contributed by atoms with van der Waals surface area (Å²) >= 11 is 6.24. The van der Waals surface area contributed by atoms with Crippen LogP contribution in [-0.4, -0.2) is 52.8 Å². The summed E-state index contributed by atoms with van der Waals surface area (Å²) in [5.74, 6) is 0. The molecule has 1 aromatic rings. The van der Waals surface area contributed by atoms with Crippen LogP contribution in [0.5, 0.6) is 0 Å². The fraction of sp³-hybridized carbons (Fsp3) is 0.727. The summed E-state index contributed by atoms with van der Waals surface area (Å²) < 4.78 is 1.85. The SMILES string of the molecule is Cc1c(Cl)c(CN2CCN(C)CC2)nn1C. The molecule has 1 aliphatic heterocycles. The van der Waals surface area contributed by atoms with E-state index in [-0.39, 0.29) is 0 Å². The lowest BCUT2D eigenvalue weighted by atomic mass is 10.3. The molecule has 0 aromatic carbocycles. The normalized spacial score (nSPS) is 19.2. The number of rotatable bonds is 2. The first-order valence-electron chi connectivity index (χ1n) is 5.67. The van der Waals surface area contributed by atoms with Gasteiger partial charge in [0.05, 0.1) is 16.4 Å². The fourth-order valence-corrected chi connectivity index (χ4v) is 2.19. The number of likely N-dealkylation sites (N-methyl/N-ethyl adjacent to an activating group) is 1. The Morgan fingerprint density at radius 2 is 1.81 bits per heavy atom. The van der Waals surface area contributed by atoms with Gasteiger partial charge < -0.3 is 4.90 Å². The first-order valence-corrected chi connectivity index (χ1v) is 6.04. The predicted octanol–water partition coefficient (Wildman–Crippen LogP) is 1.13. The van der Waals surface area contributed by atoms with Gasteiger partial charge >= 0.3 is 0 Å². The van der Waals surface area contributed by atoms with Crippen LogP contribution in [0.25, 0.3) is 0 Å². The molecule has 0 saturated carbocycles. The van der Waals surface area contributed by atoms with Crippen LogP contribution < -0.4 is 0 Å². The molecule has 4 nitrogen and oxygen atoms in total. The Kier molecular flexibility index (Phi) is 3.52. The van der Waals surface area contributed by atoms with Crippen LogP contribution in [0.15, 0.2) is 0 Å². The summed E-state index contributed by atoms with van der Waals surface area (Å²) in [6, 6.07) is 0. The van der Waals surface area contributed by atoms with Crippen molar-refractivity contribution in [2.24, 2.45) is 7.05 Å². The molecule has 0 spiro atoms. The molecule has 0 bridgehead atoms. The van der Waals surface area contributed by atoms with Crippen LogP contribution in [0.3, 0.4) is 0 Å². The van der Waals surface area contributed by atoms with E-state index in [2.05, 4.69) is 21.9 Å². The molecule has 0 unspecified atom stereocenters. The zero-order valence-corrected chi connectivity index (χ0v) is 11.0. The average Bonchev–Trinajstić information content (AvgIpc) is 2.50. The minimum absolute atomic E-state index is 0.821. The van der Waals surface area contributed by atoms with Gasteiger partial charge in [-0.15, -0.1) is 0 Å². The largest absolute Gasteiger partial charge is 0.304 e. The van der Waals surface area contributed by atoms with E-state index in [0.717, 1.165) is 49.1 Å². The second-order valence-electron chi connectivity index (χ2n) is 4.55. The Morgan fingerprint density at radius 1 is 1.19 bits per heavy atom. The van der Waals surface area contributed by atoms with E-state index in [1.54, 1.807) is 0 Å². The Bertz CT molecular complexity index is 366. The van der Waals surface area contributed by atoms with Gasteiger partial charge in [-0.2, -0.15) is 5.10 Å². The molecular weight excluding hydrogens is 224 g/mol. The summed E-state index contributed by atoms with van der Waals surface area (Å²) in [4.78, 5) is 4.76. The van der Waals surface area contributed by atoms with Crippen molar-refractivity contribution in [2.75, 3.05) is 33.2 Å². The summed E-state index contributed by atoms with van der Waals surface area (Å²) in [5.41, 5.74) is 2.05. The van der Waals surface area contributed by atoms with Crippen molar-refractivity contribution in [3.05, 3.63) is 16.4 Å². The minimum atomic E-state index is 0.821. The zero-order valence-electron chi connectivity index (χ0n) is 10.2. The number of nitrogens with zero attached hydrogens (tertiary/aromatic N) is 4. The number of hydrogen-bond acceptors (Lipinski definition) is 3. The molecule has 90 valence electrons. The fourth-order valence-electron chi connectivity index (χ4n) is 1.97. The monoisotopic (exact) mass is 242 g/mol. The van der Waals surface area contributed by atoms with Crippen molar-refractivity contribution in [1.82, 2.24) is 19.6 Å². The molecule has 1 aliphatic rings. The van der Waals surface area contributed by atoms with Gasteiger partial charge in [0.15, 0.2) is 0 Å². The van der Waals surface area contributed by atoms with Crippen LogP contribution >= 0.6 is 11.6 Å². The Hall–Kier alpha value is -0.580. The molecule has 0 N–H and O–H groups in total. The van der Waals surface area contributed by atoms with Gasteiger partial charge in [-0.3, -0.25) is 9.58 Å². The van der Waals surface area contributed by atoms with Crippen LogP contribution in [0, 0.1) is 6.92 Å². The standard InChI is InChI=1S/C11H19ClN4/c1-9-11(12)10(13-15(9)3)8-16-6-4-14(2)5-7-16/h4-8H2,1-3H3. The molecule has 0 aliphatic carbocycles. The predicted molar refractivity (Wildman–Crippen MR) is 65.7 cm³/mol. The van der Waals surface area contributed by atoms with Crippen LogP contribution in [0.1, 0.15) is 11.4 Å². The minimum Gasteiger partial charge on any atom is -0.304 e. The van der Waals surface area contributed by atoms with Crippen LogP contribution in [-0.2, 0) is 13.6 Å². The molecule has 1 saturated heterocycles. The average molecular weight is 243 g/mol. The van der Waals surface area contributed by atoms with E-state index in [4.69, 9.17) is 11.6 Å². The van der Waals surface area contributed by atoms with Gasteiger partial charge in [-0.1, -0.05) is 11.6 Å². The topological polar surface area (TPSA) is 24.3 Å². The highest BCUT2D eigenvalue weighted by Gasteiger charge is 2.18. The molecule has 1 aromatic heterocycles. The van der Waals surface area contributed by atoms with E-state index in [1.807, 2.05) is 18.7 Å². The molecule has 1 fully saturated rings. The molecule has 0 atom stereocenters. The second kappa shape index (κ2) is 4.73. The summed E-state index contributed by atoms with van der Waals surface area (Å²) in [6.45, 7) is 7.33. The third-order valence-electron chi connectivity index (χ3n) is 3.30. The van der Waals surface area contributed by atoms with Crippen molar-refractivity contribution in [1.29, 1.82) is 0 Å². The van der Waals surface area contributed by atoms with Gasteiger partial charge in [-0.05, 0) is 14.0 Å². The van der Waals surface area contributed by atoms with Crippen LogP contribution in [0.4, 0.5) is 0 Å². The molecule has 16 heavy (non-hydrogen) atoms. The molecule has 5 heteroatoms. The van der Waals surface area contributed by atoms with Crippen molar-refractivity contribution >= 4 is 11.6 Å². The Morgan fingerprint density at radius 3 is 2.31 bits per heavy atom. The van der Waals surface area contributed by atoms with E-state index in [0.29, 0.717) is 0 Å². The van der Waals surface area contributed by atoms with Crippen molar-refractivity contribution in [3.63, 3.8) is 0 Å². The highest BCUT2D eigenvalue weighted by Crippen LogP contribution is 2.20. The number of piperazine rings is 1. The van der Waals surface area contributed by atoms with Crippen LogP contribution in [0.2, 0.25) is 5.02 Å². The van der Waals surface area contributed by atoms with E-state index in [9.17, 15) is 0 Å².